The predicted molar refractivity (Wildman–Crippen MR) is 63.4 cm³/mol. The van der Waals surface area contributed by atoms with Crippen LogP contribution in [0.2, 0.25) is 0 Å². The fraction of sp³-hybridized carbons (Fsp3) is 0.417. The highest BCUT2D eigenvalue weighted by Gasteiger charge is 2.38. The first kappa shape index (κ1) is 11.4. The summed E-state index contributed by atoms with van der Waals surface area (Å²) in [5.74, 6) is -0.289. The highest BCUT2D eigenvalue weighted by atomic mass is 16.2. The van der Waals surface area contributed by atoms with Gasteiger partial charge in [0.1, 0.15) is 11.2 Å². The number of nitrogens with zero attached hydrogens (tertiary/aromatic N) is 2. The number of pyridine rings is 1. The van der Waals surface area contributed by atoms with Gasteiger partial charge < -0.3 is 10.6 Å². The van der Waals surface area contributed by atoms with E-state index in [0.717, 1.165) is 24.9 Å². The largest absolute Gasteiger partial charge is 0.388 e. The first-order valence-electron chi connectivity index (χ1n) is 5.57. The molecule has 2 N–H and O–H groups in total. The second kappa shape index (κ2) is 4.42. The smallest absolute Gasteiger partial charge is 0.271 e. The van der Waals surface area contributed by atoms with E-state index in [1.807, 2.05) is 0 Å². The van der Waals surface area contributed by atoms with Crippen LogP contribution in [0.25, 0.3) is 0 Å². The number of rotatable bonds is 3. The van der Waals surface area contributed by atoms with E-state index in [4.69, 9.17) is 5.26 Å². The van der Waals surface area contributed by atoms with Gasteiger partial charge in [0.25, 0.3) is 5.91 Å². The third-order valence-corrected chi connectivity index (χ3v) is 3.06. The number of anilines is 1. The van der Waals surface area contributed by atoms with E-state index in [-0.39, 0.29) is 5.91 Å². The van der Waals surface area contributed by atoms with Gasteiger partial charge in [-0.05, 0) is 31.4 Å². The van der Waals surface area contributed by atoms with E-state index in [0.29, 0.717) is 5.69 Å². The monoisotopic (exact) mass is 230 g/mol. The molecule has 0 saturated heterocycles. The maximum atomic E-state index is 11.9. The summed E-state index contributed by atoms with van der Waals surface area (Å²) in [5, 5.41) is 14.7. The number of nitriles is 1. The number of hydrogen-bond donors (Lipinski definition) is 2. The number of amides is 1. The van der Waals surface area contributed by atoms with Crippen LogP contribution in [0.4, 0.5) is 5.69 Å². The number of carbonyl (C=O) groups excluding carboxylic acids is 1. The SMILES string of the molecule is CNc1ccnc(C(=O)NC2(C#N)CCC2)c1. The van der Waals surface area contributed by atoms with Gasteiger partial charge in [0, 0.05) is 18.9 Å². The zero-order chi connectivity index (χ0) is 12.3. The quantitative estimate of drug-likeness (QED) is 0.820. The summed E-state index contributed by atoms with van der Waals surface area (Å²) in [5.41, 5.74) is 0.483. The molecule has 0 atom stereocenters. The zero-order valence-electron chi connectivity index (χ0n) is 9.66. The zero-order valence-corrected chi connectivity index (χ0v) is 9.66. The Hall–Kier alpha value is -2.09. The Labute approximate surface area is 99.9 Å². The van der Waals surface area contributed by atoms with Crippen LogP contribution in [0.3, 0.4) is 0 Å². The van der Waals surface area contributed by atoms with Gasteiger partial charge in [-0.15, -0.1) is 0 Å². The van der Waals surface area contributed by atoms with Crippen molar-refractivity contribution < 1.29 is 4.79 Å². The van der Waals surface area contributed by atoms with Crippen LogP contribution in [-0.2, 0) is 0 Å². The van der Waals surface area contributed by atoms with Crippen LogP contribution < -0.4 is 10.6 Å². The van der Waals surface area contributed by atoms with Crippen molar-refractivity contribution >= 4 is 11.6 Å². The van der Waals surface area contributed by atoms with Gasteiger partial charge in [-0.25, -0.2) is 0 Å². The molecule has 1 heterocycles. The van der Waals surface area contributed by atoms with Crippen LogP contribution in [0, 0.1) is 11.3 Å². The summed E-state index contributed by atoms with van der Waals surface area (Å²) < 4.78 is 0. The molecule has 1 aliphatic carbocycles. The minimum Gasteiger partial charge on any atom is -0.388 e. The standard InChI is InChI=1S/C12H14N4O/c1-14-9-3-6-15-10(7-9)11(17)16-12(8-13)4-2-5-12/h3,6-7H,2,4-5H2,1H3,(H,14,15)(H,16,17). The summed E-state index contributed by atoms with van der Waals surface area (Å²) in [6, 6.07) is 5.61. The first-order valence-corrected chi connectivity index (χ1v) is 5.57. The van der Waals surface area contributed by atoms with E-state index in [9.17, 15) is 4.79 Å². The van der Waals surface area contributed by atoms with Crippen molar-refractivity contribution in [1.82, 2.24) is 10.3 Å². The predicted octanol–water partition coefficient (Wildman–Crippen LogP) is 1.30. The molecule has 0 unspecified atom stereocenters. The minimum atomic E-state index is -0.672. The molecular formula is C12H14N4O. The summed E-state index contributed by atoms with van der Waals surface area (Å²) in [6.07, 6.45) is 4.00. The van der Waals surface area contributed by atoms with Crippen molar-refractivity contribution in [2.45, 2.75) is 24.8 Å². The fourth-order valence-corrected chi connectivity index (χ4v) is 1.79. The van der Waals surface area contributed by atoms with Gasteiger partial charge in [-0.3, -0.25) is 9.78 Å². The van der Waals surface area contributed by atoms with Gasteiger partial charge in [-0.2, -0.15) is 5.26 Å². The topological polar surface area (TPSA) is 77.8 Å². The molecule has 2 rings (SSSR count). The highest BCUT2D eigenvalue weighted by molar-refractivity contribution is 5.94. The van der Waals surface area contributed by atoms with Crippen molar-refractivity contribution in [1.29, 1.82) is 5.26 Å². The molecule has 1 aromatic rings. The highest BCUT2D eigenvalue weighted by Crippen LogP contribution is 2.31. The van der Waals surface area contributed by atoms with E-state index >= 15 is 0 Å². The van der Waals surface area contributed by atoms with Crippen LogP contribution in [0.5, 0.6) is 0 Å². The van der Waals surface area contributed by atoms with Gasteiger partial charge in [0.2, 0.25) is 0 Å². The van der Waals surface area contributed by atoms with Crippen LogP contribution in [0.1, 0.15) is 29.8 Å². The third-order valence-electron chi connectivity index (χ3n) is 3.06. The number of nitrogens with one attached hydrogen (secondary N) is 2. The summed E-state index contributed by atoms with van der Waals surface area (Å²) in [6.45, 7) is 0. The van der Waals surface area contributed by atoms with Crippen molar-refractivity contribution in [3.8, 4) is 6.07 Å². The van der Waals surface area contributed by atoms with Crippen molar-refractivity contribution in [2.24, 2.45) is 0 Å². The Bertz CT molecular complexity index is 474. The minimum absolute atomic E-state index is 0.289. The maximum absolute atomic E-state index is 11.9. The Morgan fingerprint density at radius 1 is 1.59 bits per heavy atom. The molecule has 1 aromatic heterocycles. The van der Waals surface area contributed by atoms with E-state index in [1.54, 1.807) is 25.4 Å². The van der Waals surface area contributed by atoms with Gasteiger partial charge in [-0.1, -0.05) is 0 Å². The average Bonchev–Trinajstić information content (AvgIpc) is 2.33. The van der Waals surface area contributed by atoms with Crippen LogP contribution >= 0.6 is 0 Å². The Balaban J connectivity index is 2.12. The van der Waals surface area contributed by atoms with Gasteiger partial charge in [0.15, 0.2) is 0 Å². The molecule has 1 aliphatic rings. The second-order valence-corrected chi connectivity index (χ2v) is 4.18. The molecule has 0 radical (unpaired) electrons. The summed E-state index contributed by atoms with van der Waals surface area (Å²) in [4.78, 5) is 15.9. The van der Waals surface area contributed by atoms with Gasteiger partial charge in [0.05, 0.1) is 6.07 Å². The lowest BCUT2D eigenvalue weighted by Crippen LogP contribution is -2.52. The normalized spacial score (nSPS) is 16.5. The fourth-order valence-electron chi connectivity index (χ4n) is 1.79. The number of hydrogen-bond acceptors (Lipinski definition) is 4. The Morgan fingerprint density at radius 3 is 2.88 bits per heavy atom. The Morgan fingerprint density at radius 2 is 2.35 bits per heavy atom. The van der Waals surface area contributed by atoms with Crippen LogP contribution in [-0.4, -0.2) is 23.5 Å². The Kier molecular flexibility index (Phi) is 2.96. The molecule has 0 spiro atoms. The van der Waals surface area contributed by atoms with Crippen LogP contribution in [0.15, 0.2) is 18.3 Å². The lowest BCUT2D eigenvalue weighted by atomic mass is 9.78. The summed E-state index contributed by atoms with van der Waals surface area (Å²) >= 11 is 0. The van der Waals surface area contributed by atoms with E-state index in [1.165, 1.54) is 0 Å². The molecule has 88 valence electrons. The molecule has 1 fully saturated rings. The summed E-state index contributed by atoms with van der Waals surface area (Å²) in [7, 11) is 1.78. The maximum Gasteiger partial charge on any atom is 0.271 e. The van der Waals surface area contributed by atoms with Crippen molar-refractivity contribution in [2.75, 3.05) is 12.4 Å². The molecular weight excluding hydrogens is 216 g/mol. The lowest BCUT2D eigenvalue weighted by Gasteiger charge is -2.35. The average molecular weight is 230 g/mol. The lowest BCUT2D eigenvalue weighted by molar-refractivity contribution is 0.0876. The second-order valence-electron chi connectivity index (χ2n) is 4.18. The molecule has 0 aromatic carbocycles. The van der Waals surface area contributed by atoms with E-state index in [2.05, 4.69) is 21.7 Å². The van der Waals surface area contributed by atoms with Crippen molar-refractivity contribution in [3.05, 3.63) is 24.0 Å². The molecule has 0 aliphatic heterocycles. The van der Waals surface area contributed by atoms with E-state index < -0.39 is 5.54 Å². The number of aromatic nitrogens is 1. The molecule has 5 heteroatoms. The molecule has 0 bridgehead atoms. The first-order chi connectivity index (χ1) is 8.19. The molecule has 5 nitrogen and oxygen atoms in total. The molecule has 17 heavy (non-hydrogen) atoms. The molecule has 1 saturated carbocycles. The number of carbonyl (C=O) groups is 1. The van der Waals surface area contributed by atoms with Gasteiger partial charge >= 0.3 is 0 Å². The third kappa shape index (κ3) is 2.21. The van der Waals surface area contributed by atoms with Crippen molar-refractivity contribution in [3.63, 3.8) is 0 Å². The molecule has 1 amide bonds.